The van der Waals surface area contributed by atoms with E-state index in [2.05, 4.69) is 17.4 Å². The van der Waals surface area contributed by atoms with Gasteiger partial charge in [-0.05, 0) is 35.1 Å². The summed E-state index contributed by atoms with van der Waals surface area (Å²) in [4.78, 5) is 38.3. The fourth-order valence-corrected chi connectivity index (χ4v) is 4.69. The minimum atomic E-state index is -0.887. The van der Waals surface area contributed by atoms with Gasteiger partial charge in [-0.25, -0.2) is 4.79 Å². The number of hydrogen-bond acceptors (Lipinski definition) is 4. The Morgan fingerprint density at radius 1 is 1.06 bits per heavy atom. The maximum atomic E-state index is 12.8. The molecule has 0 unspecified atom stereocenters. The van der Waals surface area contributed by atoms with Gasteiger partial charge in [-0.2, -0.15) is 0 Å². The summed E-state index contributed by atoms with van der Waals surface area (Å²) in [5, 5.41) is 12.1. The highest BCUT2D eigenvalue weighted by atomic mass is 16.5. The van der Waals surface area contributed by atoms with Crippen molar-refractivity contribution >= 4 is 18.0 Å². The molecule has 1 fully saturated rings. The molecule has 7 heteroatoms. The predicted octanol–water partition coefficient (Wildman–Crippen LogP) is 3.63. The molecule has 1 heterocycles. The van der Waals surface area contributed by atoms with Crippen LogP contribution in [0.2, 0.25) is 0 Å². The fourth-order valence-electron chi connectivity index (χ4n) is 4.69. The molecule has 32 heavy (non-hydrogen) atoms. The number of nitrogens with zero attached hydrogens (tertiary/aromatic N) is 1. The first kappa shape index (κ1) is 21.9. The third-order valence-corrected chi connectivity index (χ3v) is 6.77. The molecule has 1 aliphatic carbocycles. The van der Waals surface area contributed by atoms with Gasteiger partial charge in [-0.3, -0.25) is 9.59 Å². The van der Waals surface area contributed by atoms with E-state index in [0.29, 0.717) is 12.8 Å². The molecule has 168 valence electrons. The predicted molar refractivity (Wildman–Crippen MR) is 119 cm³/mol. The van der Waals surface area contributed by atoms with E-state index < -0.39 is 23.5 Å². The lowest BCUT2D eigenvalue weighted by molar-refractivity contribution is -0.167. The molecule has 0 aromatic heterocycles. The minimum Gasteiger partial charge on any atom is -0.481 e. The molecule has 2 aliphatic rings. The molecule has 1 saturated heterocycles. The molecule has 1 atom stereocenters. The highest BCUT2D eigenvalue weighted by Gasteiger charge is 2.50. The number of amides is 2. The zero-order chi connectivity index (χ0) is 22.9. The second kappa shape index (κ2) is 8.65. The van der Waals surface area contributed by atoms with Crippen LogP contribution in [0.5, 0.6) is 0 Å². The van der Waals surface area contributed by atoms with Crippen LogP contribution in [0.4, 0.5) is 4.79 Å². The van der Waals surface area contributed by atoms with E-state index in [0.717, 1.165) is 22.3 Å². The van der Waals surface area contributed by atoms with Crippen LogP contribution in [0.25, 0.3) is 11.1 Å². The first-order valence-corrected chi connectivity index (χ1v) is 11.0. The van der Waals surface area contributed by atoms with E-state index in [-0.39, 0.29) is 31.5 Å². The number of aliphatic carboxylic acids is 1. The number of carboxylic acid groups (broad SMARTS) is 1. The second-order valence-corrected chi connectivity index (χ2v) is 8.56. The van der Waals surface area contributed by atoms with Crippen molar-refractivity contribution in [3.8, 4) is 11.1 Å². The van der Waals surface area contributed by atoms with Crippen molar-refractivity contribution in [2.75, 3.05) is 19.7 Å². The first-order valence-electron chi connectivity index (χ1n) is 11.0. The molecule has 0 radical (unpaired) electrons. The third kappa shape index (κ3) is 3.72. The molecule has 4 rings (SSSR count). The Morgan fingerprint density at radius 2 is 1.62 bits per heavy atom. The zero-order valence-electron chi connectivity index (χ0n) is 18.3. The summed E-state index contributed by atoms with van der Waals surface area (Å²) < 4.78 is 5.54. The van der Waals surface area contributed by atoms with E-state index >= 15 is 0 Å². The molecule has 2 aromatic rings. The number of carbonyl (C=O) groups is 3. The number of fused-ring (bicyclic) bond motifs is 3. The minimum absolute atomic E-state index is 0.0555. The number of likely N-dealkylation sites (tertiary alicyclic amines) is 1. The largest absolute Gasteiger partial charge is 0.481 e. The van der Waals surface area contributed by atoms with Crippen molar-refractivity contribution in [2.24, 2.45) is 5.41 Å². The number of benzene rings is 2. The van der Waals surface area contributed by atoms with E-state index in [1.165, 1.54) is 4.90 Å². The van der Waals surface area contributed by atoms with Gasteiger partial charge in [-0.15, -0.1) is 0 Å². The summed E-state index contributed by atoms with van der Waals surface area (Å²) in [6.07, 6.45) is 0.210. The van der Waals surface area contributed by atoms with Crippen molar-refractivity contribution in [1.29, 1.82) is 0 Å². The van der Waals surface area contributed by atoms with Crippen molar-refractivity contribution in [2.45, 2.75) is 38.6 Å². The van der Waals surface area contributed by atoms with Gasteiger partial charge in [0.1, 0.15) is 18.1 Å². The van der Waals surface area contributed by atoms with Gasteiger partial charge in [0, 0.05) is 19.0 Å². The number of ether oxygens (including phenoxy) is 1. The van der Waals surface area contributed by atoms with Gasteiger partial charge in [0.2, 0.25) is 5.91 Å². The lowest BCUT2D eigenvalue weighted by Gasteiger charge is -2.47. The van der Waals surface area contributed by atoms with Gasteiger partial charge < -0.3 is 20.1 Å². The Labute approximate surface area is 187 Å². The molecule has 2 amide bonds. The smallest absolute Gasteiger partial charge is 0.407 e. The van der Waals surface area contributed by atoms with Crippen LogP contribution >= 0.6 is 0 Å². The average molecular weight is 437 g/mol. The number of alkyl carbamates (subject to hydrolysis) is 1. The van der Waals surface area contributed by atoms with E-state index in [4.69, 9.17) is 4.74 Å². The van der Waals surface area contributed by atoms with E-state index in [1.54, 1.807) is 6.92 Å². The summed E-state index contributed by atoms with van der Waals surface area (Å²) in [7, 11) is 0. The standard InChI is InChI=1S/C25H28N2O5/c1-3-21(22(28)27-14-25(4-2,15-27)23(29)30)26-24(31)32-13-20-18-11-7-5-9-16(18)17-10-6-8-12-19(17)20/h5-12,20-21H,3-4,13-15H2,1-2H3,(H,26,31)(H,29,30)/t21-/m0/s1. The maximum absolute atomic E-state index is 12.8. The van der Waals surface area contributed by atoms with Crippen LogP contribution in [-0.2, 0) is 14.3 Å². The van der Waals surface area contributed by atoms with Crippen LogP contribution in [0, 0.1) is 5.41 Å². The van der Waals surface area contributed by atoms with Crippen molar-refractivity contribution < 1.29 is 24.2 Å². The Balaban J connectivity index is 1.37. The Bertz CT molecular complexity index is 999. The summed E-state index contributed by atoms with van der Waals surface area (Å²) in [6.45, 7) is 4.12. The third-order valence-electron chi connectivity index (χ3n) is 6.77. The topological polar surface area (TPSA) is 95.9 Å². The maximum Gasteiger partial charge on any atom is 0.407 e. The van der Waals surface area contributed by atoms with Gasteiger partial charge in [0.15, 0.2) is 0 Å². The highest BCUT2D eigenvalue weighted by Crippen LogP contribution is 2.44. The van der Waals surface area contributed by atoms with Crippen molar-refractivity contribution in [3.63, 3.8) is 0 Å². The van der Waals surface area contributed by atoms with Crippen LogP contribution < -0.4 is 5.32 Å². The molecule has 0 saturated carbocycles. The number of rotatable bonds is 7. The van der Waals surface area contributed by atoms with Crippen LogP contribution in [0.1, 0.15) is 43.7 Å². The molecular weight excluding hydrogens is 408 g/mol. The van der Waals surface area contributed by atoms with Gasteiger partial charge in [0.25, 0.3) is 0 Å². The highest BCUT2D eigenvalue weighted by molar-refractivity contribution is 5.89. The summed E-state index contributed by atoms with van der Waals surface area (Å²) >= 11 is 0. The molecule has 2 N–H and O–H groups in total. The molecular formula is C25H28N2O5. The number of nitrogens with one attached hydrogen (secondary N) is 1. The SMILES string of the molecule is CC[C@H](NC(=O)OCC1c2ccccc2-c2ccccc21)C(=O)N1CC(CC)(C(=O)O)C1. The second-order valence-electron chi connectivity index (χ2n) is 8.56. The number of carboxylic acids is 1. The molecule has 2 aromatic carbocycles. The fraction of sp³-hybridized carbons (Fsp3) is 0.400. The lowest BCUT2D eigenvalue weighted by atomic mass is 9.77. The Morgan fingerprint density at radius 3 is 2.12 bits per heavy atom. The van der Waals surface area contributed by atoms with Gasteiger partial charge >= 0.3 is 12.1 Å². The number of carbonyl (C=O) groups excluding carboxylic acids is 2. The molecule has 7 nitrogen and oxygen atoms in total. The summed E-state index contributed by atoms with van der Waals surface area (Å²) in [6, 6.07) is 15.4. The van der Waals surface area contributed by atoms with Gasteiger partial charge in [0.05, 0.1) is 0 Å². The van der Waals surface area contributed by atoms with Crippen LogP contribution in [-0.4, -0.2) is 53.7 Å². The monoisotopic (exact) mass is 436 g/mol. The van der Waals surface area contributed by atoms with Gasteiger partial charge in [-0.1, -0.05) is 62.4 Å². The van der Waals surface area contributed by atoms with Crippen molar-refractivity contribution in [1.82, 2.24) is 10.2 Å². The van der Waals surface area contributed by atoms with E-state index in [1.807, 2.05) is 43.3 Å². The normalized spacial score (nSPS) is 17.0. The summed E-state index contributed by atoms with van der Waals surface area (Å²) in [5.41, 5.74) is 3.66. The first-order chi connectivity index (χ1) is 15.4. The van der Waals surface area contributed by atoms with E-state index in [9.17, 15) is 19.5 Å². The molecule has 0 bridgehead atoms. The van der Waals surface area contributed by atoms with Crippen LogP contribution in [0.15, 0.2) is 48.5 Å². The quantitative estimate of drug-likeness (QED) is 0.691. The molecule has 0 spiro atoms. The summed E-state index contributed by atoms with van der Waals surface area (Å²) in [5.74, 6) is -1.21. The number of hydrogen-bond donors (Lipinski definition) is 2. The van der Waals surface area contributed by atoms with Crippen LogP contribution in [0.3, 0.4) is 0 Å². The molecule has 1 aliphatic heterocycles. The Kier molecular flexibility index (Phi) is 5.91. The lowest BCUT2D eigenvalue weighted by Crippen LogP contribution is -2.65. The Hall–Kier alpha value is -3.35. The van der Waals surface area contributed by atoms with Crippen molar-refractivity contribution in [3.05, 3.63) is 59.7 Å². The average Bonchev–Trinajstić information content (AvgIpc) is 3.09. The zero-order valence-corrected chi connectivity index (χ0v) is 18.3.